The molecule has 27 heavy (non-hydrogen) atoms. The Morgan fingerprint density at radius 2 is 1.78 bits per heavy atom. The molecule has 10 heteroatoms. The van der Waals surface area contributed by atoms with Crippen molar-refractivity contribution in [1.82, 2.24) is 0 Å². The van der Waals surface area contributed by atoms with E-state index in [1.54, 1.807) is 24.3 Å². The van der Waals surface area contributed by atoms with E-state index in [1.807, 2.05) is 0 Å². The van der Waals surface area contributed by atoms with E-state index in [2.05, 4.69) is 15.0 Å². The molecule has 2 aromatic rings. The average molecular weight is 405 g/mol. The van der Waals surface area contributed by atoms with Gasteiger partial charge >= 0.3 is 18.6 Å². The van der Waals surface area contributed by atoms with Gasteiger partial charge in [-0.3, -0.25) is 0 Å². The predicted molar refractivity (Wildman–Crippen MR) is 92.0 cm³/mol. The fraction of sp³-hybridized carbons (Fsp3) is 0.176. The van der Waals surface area contributed by atoms with Gasteiger partial charge in [-0.25, -0.2) is 4.79 Å². The number of ether oxygens (including phenoxy) is 2. The third-order valence-corrected chi connectivity index (χ3v) is 3.44. The number of aliphatic imine (C=N–C) groups is 1. The highest BCUT2D eigenvalue weighted by Gasteiger charge is 2.43. The van der Waals surface area contributed by atoms with Crippen LogP contribution >= 0.6 is 11.6 Å². The average Bonchev–Trinajstić information content (AvgIpc) is 2.61. The second-order valence-electron chi connectivity index (χ2n) is 5.02. The van der Waals surface area contributed by atoms with E-state index in [9.17, 15) is 22.4 Å². The first kappa shape index (κ1) is 20.5. The van der Waals surface area contributed by atoms with Crippen molar-refractivity contribution in [2.24, 2.45) is 4.99 Å². The molecular weight excluding hydrogens is 392 g/mol. The molecule has 0 bridgehead atoms. The molecule has 2 amide bonds. The van der Waals surface area contributed by atoms with E-state index in [1.165, 1.54) is 19.2 Å². The Morgan fingerprint density at radius 1 is 1.15 bits per heavy atom. The van der Waals surface area contributed by atoms with E-state index in [4.69, 9.17) is 16.3 Å². The first-order valence-corrected chi connectivity index (χ1v) is 7.74. The summed E-state index contributed by atoms with van der Waals surface area (Å²) in [6.45, 7) is 0. The van der Waals surface area contributed by atoms with Crippen molar-refractivity contribution in [3.8, 4) is 5.75 Å². The van der Waals surface area contributed by atoms with Crippen LogP contribution < -0.4 is 10.1 Å². The van der Waals surface area contributed by atoms with Gasteiger partial charge in [0.05, 0.1) is 17.7 Å². The molecule has 0 aliphatic heterocycles. The molecule has 0 fully saturated rings. The number of nitrogens with one attached hydrogen (secondary N) is 1. The van der Waals surface area contributed by atoms with Crippen molar-refractivity contribution in [3.05, 3.63) is 59.1 Å². The summed E-state index contributed by atoms with van der Waals surface area (Å²) in [4.78, 5) is 15.7. The Labute approximate surface area is 156 Å². The van der Waals surface area contributed by atoms with Crippen LogP contribution in [-0.2, 0) is 4.74 Å². The van der Waals surface area contributed by atoms with Crippen LogP contribution in [0.2, 0.25) is 5.02 Å². The maximum Gasteiger partial charge on any atom is 0.461 e. The molecule has 0 spiro atoms. The molecule has 0 radical (unpaired) electrons. The Morgan fingerprint density at radius 3 is 2.33 bits per heavy atom. The van der Waals surface area contributed by atoms with Crippen LogP contribution in [0.1, 0.15) is 5.56 Å². The lowest BCUT2D eigenvalue weighted by molar-refractivity contribution is -0.253. The second kappa shape index (κ2) is 8.72. The Balaban J connectivity index is 2.08. The standard InChI is InChI=1S/C17H13ClF4N2O3/c1-26-14(12-4-2-3-5-13(12)18)24-16(25)23-10-6-8-11(9-7-10)27-17(21,22)15(19)20/h2-9,15H,1H3,(H,23,25)/b24-14-. The normalized spacial score (nSPS) is 12.0. The summed E-state index contributed by atoms with van der Waals surface area (Å²) < 4.78 is 58.8. The number of alkyl halides is 4. The van der Waals surface area contributed by atoms with Gasteiger partial charge in [0.25, 0.3) is 0 Å². The molecule has 0 heterocycles. The van der Waals surface area contributed by atoms with Gasteiger partial charge in [0.1, 0.15) is 5.75 Å². The quantitative estimate of drug-likeness (QED) is 0.423. The third-order valence-electron chi connectivity index (χ3n) is 3.11. The van der Waals surface area contributed by atoms with Gasteiger partial charge in [0, 0.05) is 5.69 Å². The van der Waals surface area contributed by atoms with E-state index in [0.717, 1.165) is 12.1 Å². The van der Waals surface area contributed by atoms with Crippen LogP contribution in [0.25, 0.3) is 0 Å². The van der Waals surface area contributed by atoms with Crippen LogP contribution in [-0.4, -0.2) is 31.6 Å². The number of benzene rings is 2. The summed E-state index contributed by atoms with van der Waals surface area (Å²) in [5.74, 6) is -0.523. The number of carbonyl (C=O) groups excluding carboxylic acids is 1. The number of anilines is 1. The van der Waals surface area contributed by atoms with Gasteiger partial charge in [-0.1, -0.05) is 23.7 Å². The van der Waals surface area contributed by atoms with Crippen molar-refractivity contribution >= 4 is 29.2 Å². The largest absolute Gasteiger partial charge is 0.480 e. The highest BCUT2D eigenvalue weighted by atomic mass is 35.5. The molecule has 0 atom stereocenters. The molecule has 0 saturated carbocycles. The lowest BCUT2D eigenvalue weighted by Gasteiger charge is -2.16. The minimum absolute atomic E-state index is 0.0328. The van der Waals surface area contributed by atoms with Crippen molar-refractivity contribution in [2.75, 3.05) is 12.4 Å². The zero-order valence-electron chi connectivity index (χ0n) is 13.8. The Hall–Kier alpha value is -2.81. The van der Waals surface area contributed by atoms with Crippen molar-refractivity contribution in [2.45, 2.75) is 12.5 Å². The monoisotopic (exact) mass is 404 g/mol. The topological polar surface area (TPSA) is 59.9 Å². The van der Waals surface area contributed by atoms with Crippen LogP contribution in [0.5, 0.6) is 5.75 Å². The zero-order chi connectivity index (χ0) is 20.0. The molecule has 0 saturated heterocycles. The fourth-order valence-electron chi connectivity index (χ4n) is 1.90. The summed E-state index contributed by atoms with van der Waals surface area (Å²) in [5.41, 5.74) is 0.570. The van der Waals surface area contributed by atoms with Crippen LogP contribution in [0.3, 0.4) is 0 Å². The number of rotatable bonds is 5. The summed E-state index contributed by atoms with van der Waals surface area (Å²) in [6.07, 6.45) is -8.58. The number of carbonyl (C=O) groups is 1. The number of urea groups is 1. The highest BCUT2D eigenvalue weighted by Crippen LogP contribution is 2.28. The summed E-state index contributed by atoms with van der Waals surface area (Å²) in [6, 6.07) is 10.1. The maximum absolute atomic E-state index is 12.8. The number of amides is 2. The van der Waals surface area contributed by atoms with E-state index in [0.29, 0.717) is 10.6 Å². The molecule has 144 valence electrons. The van der Waals surface area contributed by atoms with Gasteiger partial charge in [0.2, 0.25) is 5.90 Å². The number of nitrogens with zero attached hydrogens (tertiary/aromatic N) is 1. The molecule has 2 aromatic carbocycles. The van der Waals surface area contributed by atoms with Gasteiger partial charge in [0.15, 0.2) is 0 Å². The SMILES string of the molecule is CO/C(=N\C(=O)Nc1ccc(OC(F)(F)C(F)F)cc1)c1ccccc1Cl. The number of halogens is 5. The van der Waals surface area contributed by atoms with Gasteiger partial charge in [-0.2, -0.15) is 22.6 Å². The van der Waals surface area contributed by atoms with E-state index in [-0.39, 0.29) is 11.6 Å². The summed E-state index contributed by atoms with van der Waals surface area (Å²) in [7, 11) is 1.31. The minimum atomic E-state index is -4.61. The van der Waals surface area contributed by atoms with Gasteiger partial charge < -0.3 is 14.8 Å². The van der Waals surface area contributed by atoms with Crippen LogP contribution in [0.15, 0.2) is 53.5 Å². The molecule has 0 aliphatic rings. The van der Waals surface area contributed by atoms with Crippen molar-refractivity contribution < 1.29 is 31.8 Å². The molecule has 0 aliphatic carbocycles. The molecule has 5 nitrogen and oxygen atoms in total. The first-order chi connectivity index (χ1) is 12.7. The zero-order valence-corrected chi connectivity index (χ0v) is 14.5. The second-order valence-corrected chi connectivity index (χ2v) is 5.43. The molecule has 2 rings (SSSR count). The van der Waals surface area contributed by atoms with Gasteiger partial charge in [-0.15, -0.1) is 0 Å². The van der Waals surface area contributed by atoms with E-state index < -0.39 is 24.3 Å². The lowest BCUT2D eigenvalue weighted by atomic mass is 10.2. The maximum atomic E-state index is 12.8. The molecule has 0 unspecified atom stereocenters. The van der Waals surface area contributed by atoms with Crippen LogP contribution in [0.4, 0.5) is 28.0 Å². The number of methoxy groups -OCH3 is 1. The van der Waals surface area contributed by atoms with Crippen molar-refractivity contribution in [3.63, 3.8) is 0 Å². The number of hydrogen-bond donors (Lipinski definition) is 1. The number of hydrogen-bond acceptors (Lipinski definition) is 3. The molecular formula is C17H13ClF4N2O3. The summed E-state index contributed by atoms with van der Waals surface area (Å²) in [5, 5.41) is 2.69. The Bertz CT molecular complexity index is 829. The minimum Gasteiger partial charge on any atom is -0.480 e. The smallest absolute Gasteiger partial charge is 0.461 e. The first-order valence-electron chi connectivity index (χ1n) is 7.36. The summed E-state index contributed by atoms with van der Waals surface area (Å²) >= 11 is 6.01. The predicted octanol–water partition coefficient (Wildman–Crippen LogP) is 5.20. The van der Waals surface area contributed by atoms with Gasteiger partial charge in [-0.05, 0) is 36.4 Å². The highest BCUT2D eigenvalue weighted by molar-refractivity contribution is 6.34. The van der Waals surface area contributed by atoms with Crippen molar-refractivity contribution in [1.29, 1.82) is 0 Å². The Kier molecular flexibility index (Phi) is 6.62. The molecule has 0 aromatic heterocycles. The lowest BCUT2D eigenvalue weighted by Crippen LogP contribution is -2.33. The fourth-order valence-corrected chi connectivity index (χ4v) is 2.12. The van der Waals surface area contributed by atoms with Crippen LogP contribution in [0, 0.1) is 0 Å². The third kappa shape index (κ3) is 5.58. The van der Waals surface area contributed by atoms with E-state index >= 15 is 0 Å². The molecule has 1 N–H and O–H groups in total.